The molecule has 2 rings (SSSR count). The summed E-state index contributed by atoms with van der Waals surface area (Å²) in [5.41, 5.74) is 0.959. The Morgan fingerprint density at radius 2 is 2.16 bits per heavy atom. The summed E-state index contributed by atoms with van der Waals surface area (Å²) >= 11 is 0. The molecule has 0 radical (unpaired) electrons. The molecule has 6 heteroatoms. The lowest BCUT2D eigenvalue weighted by Crippen LogP contribution is -2.24. The second-order valence-corrected chi connectivity index (χ2v) is 7.73. The zero-order valence-corrected chi connectivity index (χ0v) is 12.4. The van der Waals surface area contributed by atoms with Crippen LogP contribution in [0.1, 0.15) is 31.4 Å². The van der Waals surface area contributed by atoms with Crippen molar-refractivity contribution in [2.24, 2.45) is 5.92 Å². The first-order valence-electron chi connectivity index (χ1n) is 6.79. The van der Waals surface area contributed by atoms with Gasteiger partial charge in [-0.1, -0.05) is 0 Å². The fourth-order valence-electron chi connectivity index (χ4n) is 2.34. The van der Waals surface area contributed by atoms with Crippen molar-refractivity contribution in [3.8, 4) is 0 Å². The molecule has 108 valence electrons. The summed E-state index contributed by atoms with van der Waals surface area (Å²) in [5.74, 6) is 1.74. The van der Waals surface area contributed by atoms with Crippen LogP contribution in [0.25, 0.3) is 0 Å². The van der Waals surface area contributed by atoms with Crippen molar-refractivity contribution in [3.63, 3.8) is 0 Å². The van der Waals surface area contributed by atoms with Gasteiger partial charge in [-0.2, -0.15) is 0 Å². The van der Waals surface area contributed by atoms with Crippen LogP contribution >= 0.6 is 0 Å². The van der Waals surface area contributed by atoms with E-state index in [2.05, 4.69) is 17.2 Å². The molecule has 5 nitrogen and oxygen atoms in total. The molecule has 0 aliphatic carbocycles. The quantitative estimate of drug-likeness (QED) is 0.880. The van der Waals surface area contributed by atoms with E-state index in [1.165, 1.54) is 0 Å². The maximum absolute atomic E-state index is 11.4. The van der Waals surface area contributed by atoms with Gasteiger partial charge in [0, 0.05) is 18.9 Å². The van der Waals surface area contributed by atoms with Crippen LogP contribution in [-0.4, -0.2) is 38.0 Å². The molecule has 0 aromatic carbocycles. The summed E-state index contributed by atoms with van der Waals surface area (Å²) in [5, 5.41) is 3.16. The largest absolute Gasteiger partial charge is 0.449 e. The SMILES string of the molecule is CNC(C)Cc1coc(CC2CCS(=O)(=O)CC2)n1. The van der Waals surface area contributed by atoms with Gasteiger partial charge in [-0.15, -0.1) is 0 Å². The fraction of sp³-hybridized carbons (Fsp3) is 0.769. The van der Waals surface area contributed by atoms with E-state index in [0.29, 0.717) is 23.5 Å². The zero-order valence-electron chi connectivity index (χ0n) is 11.6. The summed E-state index contributed by atoms with van der Waals surface area (Å²) in [4.78, 5) is 4.47. The summed E-state index contributed by atoms with van der Waals surface area (Å²) < 4.78 is 28.2. The number of hydrogen-bond donors (Lipinski definition) is 1. The predicted molar refractivity (Wildman–Crippen MR) is 73.8 cm³/mol. The third-order valence-corrected chi connectivity index (χ3v) is 5.46. The molecule has 0 bridgehead atoms. The number of sulfone groups is 1. The molecule has 1 unspecified atom stereocenters. The smallest absolute Gasteiger partial charge is 0.194 e. The first-order valence-corrected chi connectivity index (χ1v) is 8.61. The van der Waals surface area contributed by atoms with Crippen molar-refractivity contribution in [1.29, 1.82) is 0 Å². The van der Waals surface area contributed by atoms with Crippen molar-refractivity contribution in [3.05, 3.63) is 17.8 Å². The topological polar surface area (TPSA) is 72.2 Å². The highest BCUT2D eigenvalue weighted by atomic mass is 32.2. The molecule has 1 saturated heterocycles. The molecule has 1 fully saturated rings. The molecule has 1 atom stereocenters. The van der Waals surface area contributed by atoms with Crippen LogP contribution in [0, 0.1) is 5.92 Å². The van der Waals surface area contributed by atoms with Crippen molar-refractivity contribution in [1.82, 2.24) is 10.3 Å². The number of nitrogens with zero attached hydrogens (tertiary/aromatic N) is 1. The van der Waals surface area contributed by atoms with Crippen molar-refractivity contribution in [2.45, 2.75) is 38.6 Å². The zero-order chi connectivity index (χ0) is 13.9. The van der Waals surface area contributed by atoms with Crippen LogP contribution < -0.4 is 5.32 Å². The van der Waals surface area contributed by atoms with E-state index in [-0.39, 0.29) is 0 Å². The first kappa shape index (κ1) is 14.5. The van der Waals surface area contributed by atoms with E-state index in [4.69, 9.17) is 4.42 Å². The molecule has 0 spiro atoms. The normalized spacial score (nSPS) is 21.4. The van der Waals surface area contributed by atoms with Crippen molar-refractivity contribution < 1.29 is 12.8 Å². The Morgan fingerprint density at radius 1 is 1.47 bits per heavy atom. The number of nitrogens with one attached hydrogen (secondary N) is 1. The molecule has 1 N–H and O–H groups in total. The van der Waals surface area contributed by atoms with Gasteiger partial charge >= 0.3 is 0 Å². The molecule has 0 amide bonds. The van der Waals surface area contributed by atoms with Gasteiger partial charge in [0.05, 0.1) is 17.2 Å². The average molecular weight is 286 g/mol. The molecular weight excluding hydrogens is 264 g/mol. The van der Waals surface area contributed by atoms with Gasteiger partial charge in [-0.3, -0.25) is 0 Å². The van der Waals surface area contributed by atoms with Gasteiger partial charge in [0.15, 0.2) is 5.89 Å². The number of oxazole rings is 1. The lowest BCUT2D eigenvalue weighted by Gasteiger charge is -2.20. The van der Waals surface area contributed by atoms with Crippen LogP contribution in [0.3, 0.4) is 0 Å². The van der Waals surface area contributed by atoms with E-state index in [0.717, 1.165) is 37.3 Å². The van der Waals surface area contributed by atoms with E-state index in [1.54, 1.807) is 6.26 Å². The molecule has 1 aromatic heterocycles. The summed E-state index contributed by atoms with van der Waals surface area (Å²) in [6.45, 7) is 2.10. The number of aromatic nitrogens is 1. The van der Waals surface area contributed by atoms with Crippen LogP contribution in [0.4, 0.5) is 0 Å². The highest BCUT2D eigenvalue weighted by molar-refractivity contribution is 7.91. The van der Waals surface area contributed by atoms with Gasteiger partial charge < -0.3 is 9.73 Å². The Bertz CT molecular complexity index is 496. The molecule has 1 aliphatic rings. The van der Waals surface area contributed by atoms with Gasteiger partial charge in [0.25, 0.3) is 0 Å². The average Bonchev–Trinajstić information content (AvgIpc) is 2.79. The number of likely N-dealkylation sites (N-methyl/N-ethyl adjacent to an activating group) is 1. The Labute approximate surface area is 114 Å². The molecule has 0 saturated carbocycles. The fourth-order valence-corrected chi connectivity index (χ4v) is 3.93. The number of hydrogen-bond acceptors (Lipinski definition) is 5. The standard InChI is InChI=1S/C13H22N2O3S/c1-10(14-2)7-12-9-18-13(15-12)8-11-3-5-19(16,17)6-4-11/h9-11,14H,3-8H2,1-2H3. The Kier molecular flexibility index (Phi) is 4.62. The molecule has 1 aliphatic heterocycles. The maximum Gasteiger partial charge on any atom is 0.194 e. The van der Waals surface area contributed by atoms with Crippen LogP contribution in [0.15, 0.2) is 10.7 Å². The van der Waals surface area contributed by atoms with Gasteiger partial charge in [0.2, 0.25) is 0 Å². The van der Waals surface area contributed by atoms with Gasteiger partial charge in [-0.05, 0) is 32.7 Å². The third kappa shape index (κ3) is 4.31. The maximum atomic E-state index is 11.4. The monoisotopic (exact) mass is 286 g/mol. The Balaban J connectivity index is 1.87. The minimum Gasteiger partial charge on any atom is -0.449 e. The third-order valence-electron chi connectivity index (χ3n) is 3.74. The van der Waals surface area contributed by atoms with Crippen molar-refractivity contribution >= 4 is 9.84 Å². The van der Waals surface area contributed by atoms with E-state index < -0.39 is 9.84 Å². The molecule has 1 aromatic rings. The first-order chi connectivity index (χ1) is 8.98. The van der Waals surface area contributed by atoms with Gasteiger partial charge in [-0.25, -0.2) is 13.4 Å². The predicted octanol–water partition coefficient (Wildman–Crippen LogP) is 1.19. The Morgan fingerprint density at radius 3 is 2.79 bits per heavy atom. The van der Waals surface area contributed by atoms with Crippen LogP contribution in [0.2, 0.25) is 0 Å². The Hall–Kier alpha value is -0.880. The van der Waals surface area contributed by atoms with Crippen molar-refractivity contribution in [2.75, 3.05) is 18.6 Å². The highest BCUT2D eigenvalue weighted by Crippen LogP contribution is 2.22. The highest BCUT2D eigenvalue weighted by Gasteiger charge is 2.25. The molecule has 2 heterocycles. The van der Waals surface area contributed by atoms with Crippen LogP contribution in [0.5, 0.6) is 0 Å². The molecule has 19 heavy (non-hydrogen) atoms. The second-order valence-electron chi connectivity index (χ2n) is 5.43. The van der Waals surface area contributed by atoms with E-state index in [1.807, 2.05) is 7.05 Å². The lowest BCUT2D eigenvalue weighted by atomic mass is 9.99. The van der Waals surface area contributed by atoms with Crippen LogP contribution in [-0.2, 0) is 22.7 Å². The summed E-state index contributed by atoms with van der Waals surface area (Å²) in [6, 6.07) is 0.373. The van der Waals surface area contributed by atoms with Gasteiger partial charge in [0.1, 0.15) is 16.1 Å². The summed E-state index contributed by atoms with van der Waals surface area (Å²) in [6.07, 6.45) is 4.77. The second kappa shape index (κ2) is 6.05. The minimum absolute atomic E-state index is 0.308. The minimum atomic E-state index is -2.78. The van der Waals surface area contributed by atoms with E-state index in [9.17, 15) is 8.42 Å². The summed E-state index contributed by atoms with van der Waals surface area (Å²) in [7, 11) is -0.857. The molecular formula is C13H22N2O3S. The van der Waals surface area contributed by atoms with E-state index >= 15 is 0 Å². The lowest BCUT2D eigenvalue weighted by molar-refractivity contribution is 0.399. The number of rotatable bonds is 5.